The molecule has 0 atom stereocenters. The van der Waals surface area contributed by atoms with Crippen molar-refractivity contribution in [1.82, 2.24) is 9.80 Å². The van der Waals surface area contributed by atoms with Crippen LogP contribution in [0, 0.1) is 23.2 Å². The van der Waals surface area contributed by atoms with Gasteiger partial charge in [0.25, 0.3) is 5.91 Å². The second-order valence-electron chi connectivity index (χ2n) is 10.5. The standard InChI is InChI=1S/C26H36N2O4/c1-2-31-22-3-5-23(6-4-22)32-18-25(30)28-9-7-27(8-10-28)24(29)17-26-14-19-11-20(15-26)13-21(12-19)16-26/h3-6,19-21H,2,7-18H2,1H3. The molecule has 1 saturated heterocycles. The fourth-order valence-corrected chi connectivity index (χ4v) is 7.18. The molecule has 4 bridgehead atoms. The molecule has 1 aliphatic heterocycles. The van der Waals surface area contributed by atoms with Crippen molar-refractivity contribution >= 4 is 11.8 Å². The van der Waals surface area contributed by atoms with Gasteiger partial charge in [0, 0.05) is 32.6 Å². The Kier molecular flexibility index (Phi) is 6.04. The summed E-state index contributed by atoms with van der Waals surface area (Å²) >= 11 is 0. The lowest BCUT2D eigenvalue weighted by Gasteiger charge is -2.57. The lowest BCUT2D eigenvalue weighted by Crippen LogP contribution is -2.53. The van der Waals surface area contributed by atoms with Gasteiger partial charge >= 0.3 is 0 Å². The van der Waals surface area contributed by atoms with E-state index in [1.54, 1.807) is 0 Å². The summed E-state index contributed by atoms with van der Waals surface area (Å²) in [4.78, 5) is 29.5. The maximum atomic E-state index is 13.1. The number of benzene rings is 1. The Morgan fingerprint density at radius 1 is 0.812 bits per heavy atom. The van der Waals surface area contributed by atoms with Gasteiger partial charge in [0.1, 0.15) is 11.5 Å². The Balaban J connectivity index is 1.07. The summed E-state index contributed by atoms with van der Waals surface area (Å²) in [6.45, 7) is 5.06. The molecule has 4 aliphatic carbocycles. The summed E-state index contributed by atoms with van der Waals surface area (Å²) in [5.74, 6) is 4.36. The van der Waals surface area contributed by atoms with E-state index in [-0.39, 0.29) is 17.9 Å². The quantitative estimate of drug-likeness (QED) is 0.648. The first-order chi connectivity index (χ1) is 15.5. The molecule has 0 N–H and O–H groups in total. The van der Waals surface area contributed by atoms with Gasteiger partial charge in [-0.3, -0.25) is 9.59 Å². The van der Waals surface area contributed by atoms with Crippen molar-refractivity contribution in [2.75, 3.05) is 39.4 Å². The summed E-state index contributed by atoms with van der Waals surface area (Å²) in [6, 6.07) is 7.33. The highest BCUT2D eigenvalue weighted by Crippen LogP contribution is 2.61. The minimum atomic E-state index is -0.0212. The number of ether oxygens (including phenoxy) is 2. The van der Waals surface area contributed by atoms with Crippen LogP contribution in [0.1, 0.15) is 51.9 Å². The summed E-state index contributed by atoms with van der Waals surface area (Å²) < 4.78 is 11.1. The molecule has 6 heteroatoms. The van der Waals surface area contributed by atoms with Crippen LogP contribution in [0.2, 0.25) is 0 Å². The lowest BCUT2D eigenvalue weighted by atomic mass is 9.49. The van der Waals surface area contributed by atoms with E-state index >= 15 is 0 Å². The van der Waals surface area contributed by atoms with Crippen LogP contribution < -0.4 is 9.47 Å². The molecule has 0 spiro atoms. The van der Waals surface area contributed by atoms with Crippen molar-refractivity contribution < 1.29 is 19.1 Å². The molecule has 2 amide bonds. The van der Waals surface area contributed by atoms with E-state index in [9.17, 15) is 9.59 Å². The van der Waals surface area contributed by atoms with Crippen molar-refractivity contribution in [1.29, 1.82) is 0 Å². The van der Waals surface area contributed by atoms with Crippen molar-refractivity contribution in [3.05, 3.63) is 24.3 Å². The second-order valence-corrected chi connectivity index (χ2v) is 10.5. The van der Waals surface area contributed by atoms with Crippen LogP contribution >= 0.6 is 0 Å². The number of rotatable bonds is 7. The Hall–Kier alpha value is -2.24. The Morgan fingerprint density at radius 3 is 1.78 bits per heavy atom. The maximum Gasteiger partial charge on any atom is 0.260 e. The van der Waals surface area contributed by atoms with Gasteiger partial charge in [0.05, 0.1) is 6.61 Å². The second kappa shape index (κ2) is 8.95. The van der Waals surface area contributed by atoms with Gasteiger partial charge < -0.3 is 19.3 Å². The number of hydrogen-bond donors (Lipinski definition) is 0. The van der Waals surface area contributed by atoms with Gasteiger partial charge in [-0.2, -0.15) is 0 Å². The zero-order chi connectivity index (χ0) is 22.1. The molecule has 5 aliphatic rings. The van der Waals surface area contributed by atoms with Crippen LogP contribution in [0.4, 0.5) is 0 Å². The Labute approximate surface area is 191 Å². The molecule has 6 rings (SSSR count). The van der Waals surface area contributed by atoms with Crippen LogP contribution in [-0.2, 0) is 9.59 Å². The highest BCUT2D eigenvalue weighted by atomic mass is 16.5. The highest BCUT2D eigenvalue weighted by molar-refractivity contribution is 5.79. The molecule has 5 fully saturated rings. The van der Waals surface area contributed by atoms with Crippen LogP contribution in [-0.4, -0.2) is 61.0 Å². The monoisotopic (exact) mass is 440 g/mol. The average molecular weight is 441 g/mol. The molecule has 174 valence electrons. The minimum Gasteiger partial charge on any atom is -0.494 e. The normalized spacial score (nSPS) is 31.0. The van der Waals surface area contributed by atoms with Crippen molar-refractivity contribution in [2.45, 2.75) is 51.9 Å². The van der Waals surface area contributed by atoms with Gasteiger partial charge in [-0.1, -0.05) is 0 Å². The van der Waals surface area contributed by atoms with Gasteiger partial charge in [0.2, 0.25) is 5.91 Å². The highest BCUT2D eigenvalue weighted by Gasteiger charge is 2.51. The third kappa shape index (κ3) is 4.60. The van der Waals surface area contributed by atoms with Gasteiger partial charge in [-0.05, 0) is 92.9 Å². The summed E-state index contributed by atoms with van der Waals surface area (Å²) in [5.41, 5.74) is 0.282. The number of carbonyl (C=O) groups excluding carboxylic acids is 2. The summed E-state index contributed by atoms with van der Waals surface area (Å²) in [5, 5.41) is 0. The molecular formula is C26H36N2O4. The van der Waals surface area contributed by atoms with Gasteiger partial charge in [-0.15, -0.1) is 0 Å². The first-order valence-corrected chi connectivity index (χ1v) is 12.4. The number of piperazine rings is 1. The molecule has 0 aromatic heterocycles. The van der Waals surface area contributed by atoms with Crippen LogP contribution in [0.15, 0.2) is 24.3 Å². The Morgan fingerprint density at radius 2 is 1.28 bits per heavy atom. The molecule has 1 aromatic carbocycles. The molecule has 0 unspecified atom stereocenters. The zero-order valence-corrected chi connectivity index (χ0v) is 19.3. The molecular weight excluding hydrogens is 404 g/mol. The third-order valence-electron chi connectivity index (χ3n) is 8.17. The van der Waals surface area contributed by atoms with E-state index in [0.29, 0.717) is 44.4 Å². The van der Waals surface area contributed by atoms with Crippen molar-refractivity contribution in [3.63, 3.8) is 0 Å². The van der Waals surface area contributed by atoms with Gasteiger partial charge in [0.15, 0.2) is 6.61 Å². The summed E-state index contributed by atoms with van der Waals surface area (Å²) in [7, 11) is 0. The van der Waals surface area contributed by atoms with E-state index in [1.807, 2.05) is 41.0 Å². The maximum absolute atomic E-state index is 13.1. The van der Waals surface area contributed by atoms with E-state index < -0.39 is 0 Å². The predicted molar refractivity (Wildman–Crippen MR) is 121 cm³/mol. The molecule has 0 radical (unpaired) electrons. The SMILES string of the molecule is CCOc1ccc(OCC(=O)N2CCN(C(=O)CC34CC5CC(CC(C5)C3)C4)CC2)cc1. The number of hydrogen-bond acceptors (Lipinski definition) is 4. The van der Waals surface area contributed by atoms with Crippen molar-refractivity contribution in [3.8, 4) is 11.5 Å². The number of amides is 2. The van der Waals surface area contributed by atoms with E-state index in [4.69, 9.17) is 9.47 Å². The first-order valence-electron chi connectivity index (χ1n) is 12.4. The molecule has 32 heavy (non-hydrogen) atoms. The van der Waals surface area contributed by atoms with E-state index in [0.717, 1.165) is 29.9 Å². The third-order valence-corrected chi connectivity index (χ3v) is 8.17. The van der Waals surface area contributed by atoms with Crippen LogP contribution in [0.5, 0.6) is 11.5 Å². The van der Waals surface area contributed by atoms with E-state index in [1.165, 1.54) is 38.5 Å². The first kappa shape index (κ1) is 21.6. The average Bonchev–Trinajstić information content (AvgIpc) is 2.77. The van der Waals surface area contributed by atoms with E-state index in [2.05, 4.69) is 0 Å². The predicted octanol–water partition coefficient (Wildman–Crippen LogP) is 3.74. The Bertz CT molecular complexity index is 793. The smallest absolute Gasteiger partial charge is 0.260 e. The largest absolute Gasteiger partial charge is 0.494 e. The van der Waals surface area contributed by atoms with Gasteiger partial charge in [-0.25, -0.2) is 0 Å². The number of carbonyl (C=O) groups is 2. The molecule has 1 heterocycles. The zero-order valence-electron chi connectivity index (χ0n) is 19.3. The summed E-state index contributed by atoms with van der Waals surface area (Å²) in [6.07, 6.45) is 8.77. The number of nitrogens with zero attached hydrogens (tertiary/aromatic N) is 2. The fourth-order valence-electron chi connectivity index (χ4n) is 7.18. The molecule has 6 nitrogen and oxygen atoms in total. The molecule has 1 aromatic rings. The topological polar surface area (TPSA) is 59.1 Å². The van der Waals surface area contributed by atoms with Crippen LogP contribution in [0.25, 0.3) is 0 Å². The van der Waals surface area contributed by atoms with Crippen molar-refractivity contribution in [2.24, 2.45) is 23.2 Å². The minimum absolute atomic E-state index is 0.0212. The van der Waals surface area contributed by atoms with Crippen LogP contribution in [0.3, 0.4) is 0 Å². The fraction of sp³-hybridized carbons (Fsp3) is 0.692. The lowest BCUT2D eigenvalue weighted by molar-refractivity contribution is -0.145. The molecule has 4 saturated carbocycles.